The molecule has 0 saturated carbocycles. The Morgan fingerprint density at radius 3 is 2.71 bits per heavy atom. The average molecular weight is 258 g/mol. The maximum Gasteiger partial charge on any atom is 0.150 e. The fourth-order valence-electron chi connectivity index (χ4n) is 2.63. The third kappa shape index (κ3) is 3.79. The van der Waals surface area contributed by atoms with Gasteiger partial charge in [0.2, 0.25) is 0 Å². The van der Waals surface area contributed by atoms with Crippen molar-refractivity contribution in [3.05, 3.63) is 12.2 Å². The predicted molar refractivity (Wildman–Crippen MR) is 69.8 cm³/mol. The van der Waals surface area contributed by atoms with Gasteiger partial charge in [-0.3, -0.25) is 4.90 Å². The zero-order valence-corrected chi connectivity index (χ0v) is 11.1. The largest absolute Gasteiger partial charge is 0.314 e. The first-order valence-corrected chi connectivity index (χ1v) is 8.20. The highest BCUT2D eigenvalue weighted by Crippen LogP contribution is 2.24. The molecule has 2 fully saturated rings. The first-order chi connectivity index (χ1) is 8.07. The maximum atomic E-state index is 11.6. The molecular formula is C12H22N2O2S. The van der Waals surface area contributed by atoms with Gasteiger partial charge >= 0.3 is 0 Å². The minimum Gasteiger partial charge on any atom is -0.314 e. The van der Waals surface area contributed by atoms with Crippen molar-refractivity contribution in [2.45, 2.75) is 12.8 Å². The topological polar surface area (TPSA) is 49.4 Å². The van der Waals surface area contributed by atoms with E-state index >= 15 is 0 Å². The van der Waals surface area contributed by atoms with E-state index in [1.165, 1.54) is 0 Å². The summed E-state index contributed by atoms with van der Waals surface area (Å²) >= 11 is 0. The number of piperazine rings is 1. The molecule has 1 atom stereocenters. The van der Waals surface area contributed by atoms with Crippen molar-refractivity contribution >= 4 is 9.84 Å². The molecule has 5 heteroatoms. The molecule has 2 aliphatic heterocycles. The van der Waals surface area contributed by atoms with Crippen LogP contribution in [0.25, 0.3) is 0 Å². The van der Waals surface area contributed by atoms with Gasteiger partial charge in [0.15, 0.2) is 9.84 Å². The fraction of sp³-hybridized carbons (Fsp3) is 0.833. The Kier molecular flexibility index (Phi) is 4.22. The van der Waals surface area contributed by atoms with Gasteiger partial charge < -0.3 is 5.32 Å². The first kappa shape index (κ1) is 13.1. The zero-order chi connectivity index (χ0) is 12.3. The Morgan fingerprint density at radius 2 is 2.06 bits per heavy atom. The van der Waals surface area contributed by atoms with Gasteiger partial charge in [-0.25, -0.2) is 8.42 Å². The lowest BCUT2D eigenvalue weighted by atomic mass is 9.96. The monoisotopic (exact) mass is 258 g/mol. The van der Waals surface area contributed by atoms with Crippen LogP contribution in [0.5, 0.6) is 0 Å². The molecule has 1 unspecified atom stereocenters. The summed E-state index contributed by atoms with van der Waals surface area (Å²) in [6.07, 6.45) is 1.79. The van der Waals surface area contributed by atoms with Crippen molar-refractivity contribution in [2.24, 2.45) is 5.92 Å². The maximum absolute atomic E-state index is 11.6. The highest BCUT2D eigenvalue weighted by atomic mass is 32.2. The van der Waals surface area contributed by atoms with Gasteiger partial charge in [-0.2, -0.15) is 0 Å². The van der Waals surface area contributed by atoms with Crippen molar-refractivity contribution in [2.75, 3.05) is 44.2 Å². The number of hydrogen-bond acceptors (Lipinski definition) is 4. The Morgan fingerprint density at radius 1 is 1.35 bits per heavy atom. The van der Waals surface area contributed by atoms with Gasteiger partial charge in [0.1, 0.15) is 0 Å². The molecule has 0 aromatic carbocycles. The van der Waals surface area contributed by atoms with E-state index in [9.17, 15) is 8.42 Å². The first-order valence-electron chi connectivity index (χ1n) is 6.38. The minimum absolute atomic E-state index is 0.184. The summed E-state index contributed by atoms with van der Waals surface area (Å²) in [5.74, 6) is 0.867. The summed E-state index contributed by atoms with van der Waals surface area (Å²) in [7, 11) is -2.81. The Hall–Kier alpha value is -0.390. The number of rotatable bonds is 3. The van der Waals surface area contributed by atoms with Crippen molar-refractivity contribution < 1.29 is 8.42 Å². The van der Waals surface area contributed by atoms with E-state index in [4.69, 9.17) is 0 Å². The second-order valence-corrected chi connectivity index (χ2v) is 7.37. The molecular weight excluding hydrogens is 236 g/mol. The Labute approximate surface area is 104 Å². The molecule has 2 saturated heterocycles. The Balaban J connectivity index is 1.86. The summed E-state index contributed by atoms with van der Waals surface area (Å²) < 4.78 is 23.2. The predicted octanol–water partition coefficient (Wildman–Crippen LogP) is 0.273. The molecule has 4 nitrogen and oxygen atoms in total. The van der Waals surface area contributed by atoms with Gasteiger partial charge in [0.25, 0.3) is 0 Å². The van der Waals surface area contributed by atoms with Crippen molar-refractivity contribution in [3.8, 4) is 0 Å². The van der Waals surface area contributed by atoms with Gasteiger partial charge in [0.05, 0.1) is 11.5 Å². The van der Waals surface area contributed by atoms with Crippen LogP contribution >= 0.6 is 0 Å². The molecule has 0 aromatic heterocycles. The summed E-state index contributed by atoms with van der Waals surface area (Å²) in [4.78, 5) is 2.36. The van der Waals surface area contributed by atoms with Crippen LogP contribution in [0.3, 0.4) is 0 Å². The molecule has 2 aliphatic rings. The van der Waals surface area contributed by atoms with E-state index in [1.807, 2.05) is 0 Å². The molecule has 0 aliphatic carbocycles. The Bertz CT molecular complexity index is 372. The number of nitrogens with one attached hydrogen (secondary N) is 1. The third-order valence-corrected chi connectivity index (χ3v) is 5.50. The van der Waals surface area contributed by atoms with E-state index < -0.39 is 9.84 Å². The lowest BCUT2D eigenvalue weighted by Gasteiger charge is -2.31. The lowest BCUT2D eigenvalue weighted by Crippen LogP contribution is -2.45. The second kappa shape index (κ2) is 5.50. The standard InChI is InChI=1S/C12H22N2O2S/c1-11(9-14-6-4-13-5-7-14)12-3-2-8-17(15,16)10-12/h12-13H,1-10H2. The number of hydrogen-bond donors (Lipinski definition) is 1. The van der Waals surface area contributed by atoms with E-state index in [2.05, 4.69) is 16.8 Å². The van der Waals surface area contributed by atoms with Crippen molar-refractivity contribution in [1.82, 2.24) is 10.2 Å². The molecule has 0 bridgehead atoms. The fourth-order valence-corrected chi connectivity index (χ4v) is 4.42. The van der Waals surface area contributed by atoms with Gasteiger partial charge in [-0.15, -0.1) is 0 Å². The van der Waals surface area contributed by atoms with E-state index in [0.717, 1.165) is 51.1 Å². The SMILES string of the molecule is C=C(CN1CCNCC1)C1CCCS(=O)(=O)C1. The quantitative estimate of drug-likeness (QED) is 0.738. The summed E-state index contributed by atoms with van der Waals surface area (Å²) in [6.45, 7) is 9.10. The molecule has 0 radical (unpaired) electrons. The van der Waals surface area contributed by atoms with Crippen LogP contribution in [0.2, 0.25) is 0 Å². The molecule has 1 N–H and O–H groups in total. The van der Waals surface area contributed by atoms with Gasteiger partial charge in [-0.1, -0.05) is 12.2 Å². The lowest BCUT2D eigenvalue weighted by molar-refractivity contribution is 0.252. The number of nitrogens with zero attached hydrogens (tertiary/aromatic N) is 1. The highest BCUT2D eigenvalue weighted by molar-refractivity contribution is 7.91. The highest BCUT2D eigenvalue weighted by Gasteiger charge is 2.27. The van der Waals surface area contributed by atoms with Crippen LogP contribution in [-0.4, -0.2) is 57.5 Å². The normalized spacial score (nSPS) is 30.0. The van der Waals surface area contributed by atoms with Crippen LogP contribution in [0.4, 0.5) is 0 Å². The van der Waals surface area contributed by atoms with E-state index in [-0.39, 0.29) is 5.92 Å². The van der Waals surface area contributed by atoms with E-state index in [1.54, 1.807) is 0 Å². The van der Waals surface area contributed by atoms with Crippen LogP contribution in [-0.2, 0) is 9.84 Å². The molecule has 0 amide bonds. The van der Waals surface area contributed by atoms with Gasteiger partial charge in [-0.05, 0) is 18.8 Å². The van der Waals surface area contributed by atoms with Crippen molar-refractivity contribution in [3.63, 3.8) is 0 Å². The molecule has 0 aromatic rings. The molecule has 2 rings (SSSR count). The van der Waals surface area contributed by atoms with E-state index in [0.29, 0.717) is 11.5 Å². The van der Waals surface area contributed by atoms with Crippen LogP contribution in [0, 0.1) is 5.92 Å². The molecule has 17 heavy (non-hydrogen) atoms. The molecule has 2 heterocycles. The average Bonchev–Trinajstić information content (AvgIpc) is 2.29. The van der Waals surface area contributed by atoms with Gasteiger partial charge in [0, 0.05) is 32.7 Å². The summed E-state index contributed by atoms with van der Waals surface area (Å²) in [5.41, 5.74) is 1.11. The molecule has 98 valence electrons. The third-order valence-electron chi connectivity index (χ3n) is 3.68. The molecule has 0 spiro atoms. The number of sulfone groups is 1. The smallest absolute Gasteiger partial charge is 0.150 e. The van der Waals surface area contributed by atoms with Crippen LogP contribution in [0.15, 0.2) is 12.2 Å². The van der Waals surface area contributed by atoms with Crippen LogP contribution < -0.4 is 5.32 Å². The van der Waals surface area contributed by atoms with Crippen molar-refractivity contribution in [1.29, 1.82) is 0 Å². The summed E-state index contributed by atoms with van der Waals surface area (Å²) in [6, 6.07) is 0. The summed E-state index contributed by atoms with van der Waals surface area (Å²) in [5, 5.41) is 3.31. The van der Waals surface area contributed by atoms with Crippen LogP contribution in [0.1, 0.15) is 12.8 Å². The zero-order valence-electron chi connectivity index (χ0n) is 10.3. The minimum atomic E-state index is -2.81. The second-order valence-electron chi connectivity index (χ2n) is 5.14.